The summed E-state index contributed by atoms with van der Waals surface area (Å²) >= 11 is 0. The Labute approximate surface area is 106 Å². The molecule has 0 aliphatic heterocycles. The molecule has 0 saturated carbocycles. The maximum atomic E-state index is 5.88. The molecule has 2 nitrogen and oxygen atoms in total. The first-order valence-electron chi connectivity index (χ1n) is 6.69. The lowest BCUT2D eigenvalue weighted by Gasteiger charge is -2.26. The molecule has 0 unspecified atom stereocenters. The summed E-state index contributed by atoms with van der Waals surface area (Å²) in [6.07, 6.45) is 2.55. The fourth-order valence-corrected chi connectivity index (χ4v) is 1.96. The van der Waals surface area contributed by atoms with E-state index < -0.39 is 0 Å². The molecule has 0 aliphatic carbocycles. The average Bonchev–Trinajstić information content (AvgIpc) is 2.29. The SMILES string of the molecule is CCCN(CCC)c1ccccc1OC(C)C. The molecule has 0 heterocycles. The molecule has 0 radical (unpaired) electrons. The van der Waals surface area contributed by atoms with E-state index in [1.54, 1.807) is 0 Å². The van der Waals surface area contributed by atoms with Crippen LogP contribution in [-0.2, 0) is 0 Å². The van der Waals surface area contributed by atoms with Gasteiger partial charge in [-0.1, -0.05) is 26.0 Å². The number of hydrogen-bond donors (Lipinski definition) is 0. The Bertz CT molecular complexity index is 316. The normalized spacial score (nSPS) is 10.6. The average molecular weight is 235 g/mol. The third-order valence-corrected chi connectivity index (χ3v) is 2.56. The van der Waals surface area contributed by atoms with Crippen molar-refractivity contribution in [3.05, 3.63) is 24.3 Å². The lowest BCUT2D eigenvalue weighted by molar-refractivity contribution is 0.243. The van der Waals surface area contributed by atoms with E-state index in [0.717, 1.165) is 31.7 Å². The molecule has 0 bridgehead atoms. The minimum absolute atomic E-state index is 0.223. The molecular formula is C15H25NO. The van der Waals surface area contributed by atoms with Gasteiger partial charge < -0.3 is 9.64 Å². The molecule has 0 amide bonds. The van der Waals surface area contributed by atoms with E-state index in [-0.39, 0.29) is 6.10 Å². The van der Waals surface area contributed by atoms with E-state index in [1.165, 1.54) is 5.69 Å². The molecule has 1 rings (SSSR count). The van der Waals surface area contributed by atoms with Gasteiger partial charge in [-0.3, -0.25) is 0 Å². The zero-order chi connectivity index (χ0) is 12.7. The molecule has 0 spiro atoms. The van der Waals surface area contributed by atoms with Crippen molar-refractivity contribution in [2.75, 3.05) is 18.0 Å². The number of hydrogen-bond acceptors (Lipinski definition) is 2. The second kappa shape index (κ2) is 7.21. The van der Waals surface area contributed by atoms with Crippen molar-refractivity contribution in [2.24, 2.45) is 0 Å². The minimum Gasteiger partial charge on any atom is -0.489 e. The van der Waals surface area contributed by atoms with E-state index in [4.69, 9.17) is 4.74 Å². The predicted octanol–water partition coefficient (Wildman–Crippen LogP) is 4.10. The standard InChI is InChI=1S/C15H25NO/c1-5-11-16(12-6-2)14-9-7-8-10-15(14)17-13(3)4/h7-10,13H,5-6,11-12H2,1-4H3. The van der Waals surface area contributed by atoms with Crippen LogP contribution < -0.4 is 9.64 Å². The van der Waals surface area contributed by atoms with E-state index in [0.29, 0.717) is 0 Å². The molecule has 96 valence electrons. The van der Waals surface area contributed by atoms with Crippen molar-refractivity contribution in [2.45, 2.75) is 46.6 Å². The van der Waals surface area contributed by atoms with Gasteiger partial charge in [-0.2, -0.15) is 0 Å². The van der Waals surface area contributed by atoms with Crippen molar-refractivity contribution in [1.29, 1.82) is 0 Å². The van der Waals surface area contributed by atoms with Crippen LogP contribution in [0.4, 0.5) is 5.69 Å². The fourth-order valence-electron chi connectivity index (χ4n) is 1.96. The third-order valence-electron chi connectivity index (χ3n) is 2.56. The summed E-state index contributed by atoms with van der Waals surface area (Å²) in [4.78, 5) is 2.41. The monoisotopic (exact) mass is 235 g/mol. The van der Waals surface area contributed by atoms with Crippen LogP contribution in [0.5, 0.6) is 5.75 Å². The van der Waals surface area contributed by atoms with Crippen LogP contribution >= 0.6 is 0 Å². The van der Waals surface area contributed by atoms with Gasteiger partial charge in [0.2, 0.25) is 0 Å². The van der Waals surface area contributed by atoms with Crippen LogP contribution in [0.15, 0.2) is 24.3 Å². The Morgan fingerprint density at radius 2 is 1.65 bits per heavy atom. The van der Waals surface area contributed by atoms with Gasteiger partial charge in [-0.25, -0.2) is 0 Å². The maximum Gasteiger partial charge on any atom is 0.142 e. The van der Waals surface area contributed by atoms with E-state index >= 15 is 0 Å². The Morgan fingerprint density at radius 1 is 1.06 bits per heavy atom. The first-order valence-corrected chi connectivity index (χ1v) is 6.69. The molecule has 0 N–H and O–H groups in total. The summed E-state index contributed by atoms with van der Waals surface area (Å²) < 4.78 is 5.88. The highest BCUT2D eigenvalue weighted by Gasteiger charge is 2.11. The molecule has 0 atom stereocenters. The molecule has 2 heteroatoms. The van der Waals surface area contributed by atoms with Gasteiger partial charge in [0.1, 0.15) is 5.75 Å². The van der Waals surface area contributed by atoms with E-state index in [2.05, 4.69) is 50.8 Å². The van der Waals surface area contributed by atoms with Crippen LogP contribution in [0.2, 0.25) is 0 Å². The van der Waals surface area contributed by atoms with Crippen molar-refractivity contribution in [3.63, 3.8) is 0 Å². The summed E-state index contributed by atoms with van der Waals surface area (Å²) in [6, 6.07) is 8.34. The summed E-state index contributed by atoms with van der Waals surface area (Å²) in [7, 11) is 0. The molecule has 0 aliphatic rings. The summed E-state index contributed by atoms with van der Waals surface area (Å²) in [6.45, 7) is 10.8. The number of ether oxygens (including phenoxy) is 1. The van der Waals surface area contributed by atoms with Crippen LogP contribution in [0.3, 0.4) is 0 Å². The van der Waals surface area contributed by atoms with Gasteiger partial charge in [-0.05, 0) is 38.8 Å². The molecule has 0 fully saturated rings. The Balaban J connectivity index is 2.91. The zero-order valence-corrected chi connectivity index (χ0v) is 11.6. The fraction of sp³-hybridized carbons (Fsp3) is 0.600. The lowest BCUT2D eigenvalue weighted by atomic mass is 10.2. The summed E-state index contributed by atoms with van der Waals surface area (Å²) in [5.41, 5.74) is 1.23. The van der Waals surface area contributed by atoms with Gasteiger partial charge >= 0.3 is 0 Å². The molecule has 0 aromatic heterocycles. The highest BCUT2D eigenvalue weighted by Crippen LogP contribution is 2.29. The van der Waals surface area contributed by atoms with Crippen LogP contribution in [0.1, 0.15) is 40.5 Å². The van der Waals surface area contributed by atoms with E-state index in [1.807, 2.05) is 6.07 Å². The number of benzene rings is 1. The lowest BCUT2D eigenvalue weighted by Crippen LogP contribution is -2.25. The third kappa shape index (κ3) is 4.29. The number of anilines is 1. The summed E-state index contributed by atoms with van der Waals surface area (Å²) in [5.74, 6) is 1.00. The molecule has 17 heavy (non-hydrogen) atoms. The predicted molar refractivity (Wildman–Crippen MR) is 75.0 cm³/mol. The van der Waals surface area contributed by atoms with Gasteiger partial charge in [0.15, 0.2) is 0 Å². The Hall–Kier alpha value is -1.18. The smallest absolute Gasteiger partial charge is 0.142 e. The van der Waals surface area contributed by atoms with Crippen LogP contribution in [0.25, 0.3) is 0 Å². The van der Waals surface area contributed by atoms with Gasteiger partial charge in [-0.15, -0.1) is 0 Å². The van der Waals surface area contributed by atoms with Crippen molar-refractivity contribution in [1.82, 2.24) is 0 Å². The molecule has 1 aromatic carbocycles. The topological polar surface area (TPSA) is 12.5 Å². The highest BCUT2D eigenvalue weighted by atomic mass is 16.5. The molecule has 0 saturated heterocycles. The first-order chi connectivity index (χ1) is 8.19. The van der Waals surface area contributed by atoms with Crippen molar-refractivity contribution < 1.29 is 4.74 Å². The highest BCUT2D eigenvalue weighted by molar-refractivity contribution is 5.58. The van der Waals surface area contributed by atoms with Crippen LogP contribution in [0, 0.1) is 0 Å². The number of nitrogens with zero attached hydrogens (tertiary/aromatic N) is 1. The largest absolute Gasteiger partial charge is 0.489 e. The minimum atomic E-state index is 0.223. The first kappa shape index (κ1) is 13.9. The van der Waals surface area contributed by atoms with E-state index in [9.17, 15) is 0 Å². The second-order valence-corrected chi connectivity index (χ2v) is 4.62. The van der Waals surface area contributed by atoms with Gasteiger partial charge in [0.05, 0.1) is 11.8 Å². The number of rotatable bonds is 7. The summed E-state index contributed by atoms with van der Waals surface area (Å²) in [5, 5.41) is 0. The zero-order valence-electron chi connectivity index (χ0n) is 11.6. The number of para-hydroxylation sites is 2. The molecular weight excluding hydrogens is 210 g/mol. The second-order valence-electron chi connectivity index (χ2n) is 4.62. The maximum absolute atomic E-state index is 5.88. The van der Waals surface area contributed by atoms with Crippen molar-refractivity contribution in [3.8, 4) is 5.75 Å². The van der Waals surface area contributed by atoms with Crippen LogP contribution in [-0.4, -0.2) is 19.2 Å². The molecule has 1 aromatic rings. The van der Waals surface area contributed by atoms with Gasteiger partial charge in [0, 0.05) is 13.1 Å². The van der Waals surface area contributed by atoms with Gasteiger partial charge in [0.25, 0.3) is 0 Å². The Kier molecular flexibility index (Phi) is 5.88. The Morgan fingerprint density at radius 3 is 2.18 bits per heavy atom. The quantitative estimate of drug-likeness (QED) is 0.705. The van der Waals surface area contributed by atoms with Crippen molar-refractivity contribution >= 4 is 5.69 Å².